The standard InChI is InChI=1S/C13H17N3O4S/c1-2-14-11-4-3-10(9-12(11)16(18)19)13(17)15-5-7-21(20)8-6-15/h3-4,9,14H,2,5-8H2,1H3. The van der Waals surface area contributed by atoms with Gasteiger partial charge in [0.05, 0.1) is 4.92 Å². The maximum Gasteiger partial charge on any atom is 0.293 e. The van der Waals surface area contributed by atoms with E-state index >= 15 is 0 Å². The van der Waals surface area contributed by atoms with Gasteiger partial charge in [-0.05, 0) is 19.1 Å². The number of benzene rings is 1. The Kier molecular flexibility index (Phi) is 4.89. The second-order valence-electron chi connectivity index (χ2n) is 4.66. The molecule has 1 amide bonds. The molecule has 7 nitrogen and oxygen atoms in total. The van der Waals surface area contributed by atoms with Crippen molar-refractivity contribution in [3.8, 4) is 0 Å². The van der Waals surface area contributed by atoms with Gasteiger partial charge in [-0.15, -0.1) is 0 Å². The summed E-state index contributed by atoms with van der Waals surface area (Å²) < 4.78 is 11.3. The minimum Gasteiger partial charge on any atom is -0.380 e. The number of amides is 1. The van der Waals surface area contributed by atoms with E-state index < -0.39 is 15.7 Å². The van der Waals surface area contributed by atoms with Gasteiger partial charge in [0.1, 0.15) is 5.69 Å². The van der Waals surface area contributed by atoms with E-state index in [0.717, 1.165) is 0 Å². The molecule has 0 atom stereocenters. The number of nitrogens with one attached hydrogen (secondary N) is 1. The predicted octanol–water partition coefficient (Wildman–Crippen LogP) is 1.23. The molecular weight excluding hydrogens is 294 g/mol. The Bertz CT molecular complexity index is 581. The van der Waals surface area contributed by atoms with Crippen molar-refractivity contribution in [2.45, 2.75) is 6.92 Å². The third-order valence-electron chi connectivity index (χ3n) is 3.27. The van der Waals surface area contributed by atoms with Crippen molar-refractivity contribution >= 4 is 28.1 Å². The summed E-state index contributed by atoms with van der Waals surface area (Å²) in [5.41, 5.74) is 0.582. The number of nitrogens with zero attached hydrogens (tertiary/aromatic N) is 2. The van der Waals surface area contributed by atoms with Crippen LogP contribution in [0.1, 0.15) is 17.3 Å². The first kappa shape index (κ1) is 15.4. The number of nitro benzene ring substituents is 1. The van der Waals surface area contributed by atoms with Gasteiger partial charge < -0.3 is 10.2 Å². The van der Waals surface area contributed by atoms with Crippen LogP contribution in [0.25, 0.3) is 0 Å². The zero-order valence-electron chi connectivity index (χ0n) is 11.7. The molecule has 0 unspecified atom stereocenters. The molecule has 0 spiro atoms. The van der Waals surface area contributed by atoms with Crippen LogP contribution in [0.5, 0.6) is 0 Å². The summed E-state index contributed by atoms with van der Waals surface area (Å²) in [7, 11) is -0.864. The Hall–Kier alpha value is -1.96. The molecule has 0 radical (unpaired) electrons. The molecule has 1 N–H and O–H groups in total. The van der Waals surface area contributed by atoms with E-state index in [1.807, 2.05) is 6.92 Å². The lowest BCUT2D eigenvalue weighted by Gasteiger charge is -2.26. The van der Waals surface area contributed by atoms with Crippen LogP contribution in [0, 0.1) is 10.1 Å². The Labute approximate surface area is 124 Å². The zero-order valence-corrected chi connectivity index (χ0v) is 12.5. The average Bonchev–Trinajstić information content (AvgIpc) is 2.48. The van der Waals surface area contributed by atoms with Crippen molar-refractivity contribution in [2.24, 2.45) is 0 Å². The zero-order chi connectivity index (χ0) is 15.4. The normalized spacial score (nSPS) is 15.8. The van der Waals surface area contributed by atoms with E-state index in [-0.39, 0.29) is 17.2 Å². The van der Waals surface area contributed by atoms with Gasteiger partial charge in [-0.25, -0.2) is 0 Å². The van der Waals surface area contributed by atoms with E-state index in [1.54, 1.807) is 17.0 Å². The molecule has 1 aromatic carbocycles. The lowest BCUT2D eigenvalue weighted by atomic mass is 10.1. The molecule has 1 aliphatic rings. The largest absolute Gasteiger partial charge is 0.380 e. The van der Waals surface area contributed by atoms with Crippen molar-refractivity contribution < 1.29 is 13.9 Å². The molecular formula is C13H17N3O4S. The lowest BCUT2D eigenvalue weighted by molar-refractivity contribution is -0.384. The predicted molar refractivity (Wildman–Crippen MR) is 81.0 cm³/mol. The highest BCUT2D eigenvalue weighted by Crippen LogP contribution is 2.26. The van der Waals surface area contributed by atoms with E-state index in [9.17, 15) is 19.1 Å². The summed E-state index contributed by atoms with van der Waals surface area (Å²) in [6.45, 7) is 3.26. The van der Waals surface area contributed by atoms with E-state index in [2.05, 4.69) is 5.32 Å². The Balaban J connectivity index is 2.23. The molecule has 1 heterocycles. The van der Waals surface area contributed by atoms with Crippen molar-refractivity contribution in [2.75, 3.05) is 36.5 Å². The van der Waals surface area contributed by atoms with Gasteiger partial charge in [-0.2, -0.15) is 0 Å². The fourth-order valence-electron chi connectivity index (χ4n) is 2.18. The fourth-order valence-corrected chi connectivity index (χ4v) is 3.23. The molecule has 21 heavy (non-hydrogen) atoms. The number of carbonyl (C=O) groups is 1. The van der Waals surface area contributed by atoms with Crippen LogP contribution in [0.4, 0.5) is 11.4 Å². The molecule has 1 aromatic rings. The highest BCUT2D eigenvalue weighted by Gasteiger charge is 2.23. The van der Waals surface area contributed by atoms with Crippen LogP contribution in [-0.2, 0) is 10.8 Å². The number of nitro groups is 1. The second-order valence-corrected chi connectivity index (χ2v) is 6.36. The topological polar surface area (TPSA) is 92.6 Å². The molecule has 2 rings (SSSR count). The number of carbonyl (C=O) groups excluding carboxylic acids is 1. The van der Waals surface area contributed by atoms with Gasteiger partial charge in [0.15, 0.2) is 0 Å². The fraction of sp³-hybridized carbons (Fsp3) is 0.462. The van der Waals surface area contributed by atoms with Crippen LogP contribution in [-0.4, -0.2) is 51.1 Å². The quantitative estimate of drug-likeness (QED) is 0.667. The van der Waals surface area contributed by atoms with Gasteiger partial charge >= 0.3 is 0 Å². The highest BCUT2D eigenvalue weighted by atomic mass is 32.2. The Morgan fingerprint density at radius 3 is 2.67 bits per heavy atom. The van der Waals surface area contributed by atoms with Crippen LogP contribution < -0.4 is 5.32 Å². The van der Waals surface area contributed by atoms with E-state index in [4.69, 9.17) is 0 Å². The first-order valence-corrected chi connectivity index (χ1v) is 8.18. The Morgan fingerprint density at radius 1 is 1.43 bits per heavy atom. The van der Waals surface area contributed by atoms with Gasteiger partial charge in [-0.3, -0.25) is 19.1 Å². The maximum absolute atomic E-state index is 12.3. The third kappa shape index (κ3) is 3.57. The number of hydrogen-bond donors (Lipinski definition) is 1. The summed E-state index contributed by atoms with van der Waals surface area (Å²) in [6.07, 6.45) is 0. The minimum absolute atomic E-state index is 0.108. The average molecular weight is 311 g/mol. The van der Waals surface area contributed by atoms with Crippen LogP contribution in [0.3, 0.4) is 0 Å². The van der Waals surface area contributed by atoms with Crippen LogP contribution >= 0.6 is 0 Å². The summed E-state index contributed by atoms with van der Waals surface area (Å²) in [6, 6.07) is 4.43. The Morgan fingerprint density at radius 2 is 2.10 bits per heavy atom. The molecule has 1 saturated heterocycles. The van der Waals surface area contributed by atoms with Gasteiger partial charge in [0.2, 0.25) is 0 Å². The molecule has 0 saturated carbocycles. The molecule has 0 aliphatic carbocycles. The molecule has 8 heteroatoms. The molecule has 1 fully saturated rings. The summed E-state index contributed by atoms with van der Waals surface area (Å²) in [5.74, 6) is 0.671. The summed E-state index contributed by atoms with van der Waals surface area (Å²) >= 11 is 0. The summed E-state index contributed by atoms with van der Waals surface area (Å²) in [5, 5.41) is 14.0. The van der Waals surface area contributed by atoms with Gasteiger partial charge in [-0.1, -0.05) is 0 Å². The minimum atomic E-state index is -0.864. The van der Waals surface area contributed by atoms with Crippen LogP contribution in [0.2, 0.25) is 0 Å². The summed E-state index contributed by atoms with van der Waals surface area (Å²) in [4.78, 5) is 24.5. The van der Waals surface area contributed by atoms with E-state index in [0.29, 0.717) is 36.8 Å². The monoisotopic (exact) mass is 311 g/mol. The van der Waals surface area contributed by atoms with Gasteiger partial charge in [0.25, 0.3) is 11.6 Å². The highest BCUT2D eigenvalue weighted by molar-refractivity contribution is 7.85. The van der Waals surface area contributed by atoms with E-state index in [1.165, 1.54) is 6.07 Å². The number of hydrogen-bond acceptors (Lipinski definition) is 5. The van der Waals surface area contributed by atoms with Crippen molar-refractivity contribution in [1.29, 1.82) is 0 Å². The van der Waals surface area contributed by atoms with Crippen molar-refractivity contribution in [1.82, 2.24) is 4.90 Å². The SMILES string of the molecule is CCNc1ccc(C(=O)N2CCS(=O)CC2)cc1[N+](=O)[O-]. The third-order valence-corrected chi connectivity index (χ3v) is 4.55. The maximum atomic E-state index is 12.3. The first-order valence-electron chi connectivity index (χ1n) is 6.69. The van der Waals surface area contributed by atoms with Crippen molar-refractivity contribution in [3.05, 3.63) is 33.9 Å². The van der Waals surface area contributed by atoms with Crippen molar-refractivity contribution in [3.63, 3.8) is 0 Å². The molecule has 1 aliphatic heterocycles. The van der Waals surface area contributed by atoms with Crippen LogP contribution in [0.15, 0.2) is 18.2 Å². The smallest absolute Gasteiger partial charge is 0.293 e. The first-order chi connectivity index (χ1) is 10.0. The molecule has 0 aromatic heterocycles. The lowest BCUT2D eigenvalue weighted by Crippen LogP contribution is -2.41. The number of anilines is 1. The second kappa shape index (κ2) is 6.66. The van der Waals surface area contributed by atoms with Gasteiger partial charge in [0, 0.05) is 53.6 Å². The number of rotatable bonds is 4. The molecule has 0 bridgehead atoms. The molecule has 114 valence electrons.